The lowest BCUT2D eigenvalue weighted by molar-refractivity contribution is -0.131. The highest BCUT2D eigenvalue weighted by Crippen LogP contribution is 2.19. The molecule has 0 bridgehead atoms. The van der Waals surface area contributed by atoms with Crippen LogP contribution >= 0.6 is 11.3 Å². The fourth-order valence-electron chi connectivity index (χ4n) is 1.71. The van der Waals surface area contributed by atoms with Crippen molar-refractivity contribution in [3.63, 3.8) is 0 Å². The number of carboxylic acid groups (broad SMARTS) is 1. The highest BCUT2D eigenvalue weighted by molar-refractivity contribution is 7.10. The molecule has 0 atom stereocenters. The minimum absolute atomic E-state index is 0.00499. The van der Waals surface area contributed by atoms with Gasteiger partial charge in [0.1, 0.15) is 0 Å². The summed E-state index contributed by atoms with van der Waals surface area (Å²) in [4.78, 5) is 25.3. The van der Waals surface area contributed by atoms with E-state index in [2.05, 4.69) is 19.2 Å². The highest BCUT2D eigenvalue weighted by atomic mass is 32.1. The SMILES string of the molecule is CC(C)CNC(=O)CN(C)Cc1sccc1/C=C/C(=O)O. The molecule has 5 nitrogen and oxygen atoms in total. The molecule has 0 unspecified atom stereocenters. The van der Waals surface area contributed by atoms with Crippen molar-refractivity contribution >= 4 is 29.3 Å². The summed E-state index contributed by atoms with van der Waals surface area (Å²) in [5.41, 5.74) is 0.886. The zero-order chi connectivity index (χ0) is 15.8. The van der Waals surface area contributed by atoms with Crippen LogP contribution in [0.1, 0.15) is 24.3 Å². The molecule has 0 saturated carbocycles. The first-order chi connectivity index (χ1) is 9.88. The number of amides is 1. The number of rotatable bonds is 8. The summed E-state index contributed by atoms with van der Waals surface area (Å²) in [5, 5.41) is 13.5. The Labute approximate surface area is 129 Å². The number of hydrogen-bond donors (Lipinski definition) is 2. The second-order valence-corrected chi connectivity index (χ2v) is 6.34. The lowest BCUT2D eigenvalue weighted by atomic mass is 10.2. The van der Waals surface area contributed by atoms with Gasteiger partial charge in [0.05, 0.1) is 6.54 Å². The van der Waals surface area contributed by atoms with Crippen molar-refractivity contribution in [3.05, 3.63) is 28.0 Å². The number of carbonyl (C=O) groups is 2. The van der Waals surface area contributed by atoms with Gasteiger partial charge >= 0.3 is 5.97 Å². The molecule has 0 fully saturated rings. The zero-order valence-electron chi connectivity index (χ0n) is 12.6. The quantitative estimate of drug-likeness (QED) is 0.721. The molecule has 1 heterocycles. The second-order valence-electron chi connectivity index (χ2n) is 5.34. The van der Waals surface area contributed by atoms with Crippen molar-refractivity contribution in [1.29, 1.82) is 0 Å². The molecule has 0 aliphatic rings. The van der Waals surface area contributed by atoms with Crippen LogP contribution in [-0.2, 0) is 16.1 Å². The minimum atomic E-state index is -0.964. The van der Waals surface area contributed by atoms with Crippen molar-refractivity contribution in [2.24, 2.45) is 5.92 Å². The third kappa shape index (κ3) is 7.06. The molecular weight excluding hydrogens is 288 g/mol. The maximum Gasteiger partial charge on any atom is 0.328 e. The lowest BCUT2D eigenvalue weighted by Gasteiger charge is -2.16. The number of carbonyl (C=O) groups excluding carboxylic acids is 1. The van der Waals surface area contributed by atoms with E-state index in [-0.39, 0.29) is 5.91 Å². The van der Waals surface area contributed by atoms with Crippen LogP contribution in [0.2, 0.25) is 0 Å². The van der Waals surface area contributed by atoms with Crippen LogP contribution in [0.5, 0.6) is 0 Å². The molecule has 1 aromatic rings. The molecule has 0 aliphatic heterocycles. The smallest absolute Gasteiger partial charge is 0.328 e. The predicted molar refractivity (Wildman–Crippen MR) is 85.2 cm³/mol. The normalized spacial score (nSPS) is 11.5. The van der Waals surface area contributed by atoms with E-state index >= 15 is 0 Å². The first-order valence-corrected chi connectivity index (χ1v) is 7.69. The Morgan fingerprint density at radius 1 is 1.48 bits per heavy atom. The van der Waals surface area contributed by atoms with Gasteiger partial charge in [-0.15, -0.1) is 11.3 Å². The highest BCUT2D eigenvalue weighted by Gasteiger charge is 2.10. The summed E-state index contributed by atoms with van der Waals surface area (Å²) in [6.07, 6.45) is 2.71. The number of nitrogens with one attached hydrogen (secondary N) is 1. The van der Waals surface area contributed by atoms with E-state index in [4.69, 9.17) is 5.11 Å². The third-order valence-corrected chi connectivity index (χ3v) is 3.64. The Morgan fingerprint density at radius 2 is 2.19 bits per heavy atom. The molecular formula is C15H22N2O3S. The molecule has 1 aromatic heterocycles. The van der Waals surface area contributed by atoms with Crippen LogP contribution in [0, 0.1) is 5.92 Å². The minimum Gasteiger partial charge on any atom is -0.478 e. The Morgan fingerprint density at radius 3 is 2.81 bits per heavy atom. The van der Waals surface area contributed by atoms with Gasteiger partial charge in [-0.25, -0.2) is 4.79 Å². The molecule has 0 spiro atoms. The maximum atomic E-state index is 11.7. The Kier molecular flexibility index (Phi) is 7.11. The second kappa shape index (κ2) is 8.59. The Hall–Kier alpha value is -1.66. The monoisotopic (exact) mass is 310 g/mol. The number of thiophene rings is 1. The van der Waals surface area contributed by atoms with E-state index in [1.807, 2.05) is 23.4 Å². The van der Waals surface area contributed by atoms with Gasteiger partial charge in [-0.1, -0.05) is 13.8 Å². The average molecular weight is 310 g/mol. The fraction of sp³-hybridized carbons (Fsp3) is 0.467. The van der Waals surface area contributed by atoms with Crippen molar-refractivity contribution < 1.29 is 14.7 Å². The summed E-state index contributed by atoms with van der Waals surface area (Å²) in [6.45, 7) is 5.73. The Bertz CT molecular complexity index is 509. The summed E-state index contributed by atoms with van der Waals surface area (Å²) < 4.78 is 0. The molecule has 116 valence electrons. The molecule has 1 rings (SSSR count). The van der Waals surface area contributed by atoms with Gasteiger partial charge in [-0.2, -0.15) is 0 Å². The van der Waals surface area contributed by atoms with Gasteiger partial charge in [0, 0.05) is 24.0 Å². The number of carboxylic acids is 1. The van der Waals surface area contributed by atoms with Gasteiger partial charge in [0.25, 0.3) is 0 Å². The topological polar surface area (TPSA) is 69.6 Å². The van der Waals surface area contributed by atoms with E-state index < -0.39 is 5.97 Å². The lowest BCUT2D eigenvalue weighted by Crippen LogP contribution is -2.36. The molecule has 6 heteroatoms. The van der Waals surface area contributed by atoms with E-state index in [1.165, 1.54) is 0 Å². The van der Waals surface area contributed by atoms with Crippen LogP contribution in [0.3, 0.4) is 0 Å². The third-order valence-electron chi connectivity index (χ3n) is 2.72. The van der Waals surface area contributed by atoms with Gasteiger partial charge in [-0.3, -0.25) is 9.69 Å². The van der Waals surface area contributed by atoms with Crippen molar-refractivity contribution in [1.82, 2.24) is 10.2 Å². The van der Waals surface area contributed by atoms with Crippen LogP contribution in [0.4, 0.5) is 0 Å². The molecule has 0 aliphatic carbocycles. The van der Waals surface area contributed by atoms with Crippen molar-refractivity contribution in [2.45, 2.75) is 20.4 Å². The maximum absolute atomic E-state index is 11.7. The Balaban J connectivity index is 2.51. The van der Waals surface area contributed by atoms with Gasteiger partial charge in [0.15, 0.2) is 0 Å². The number of likely N-dealkylation sites (N-methyl/N-ethyl adjacent to an activating group) is 1. The predicted octanol–water partition coefficient (Wildman–Crippen LogP) is 2.05. The van der Waals surface area contributed by atoms with Gasteiger partial charge in [-0.05, 0) is 36.1 Å². The van der Waals surface area contributed by atoms with Crippen LogP contribution in [-0.4, -0.2) is 42.0 Å². The number of aliphatic carboxylic acids is 1. The molecule has 0 radical (unpaired) electrons. The van der Waals surface area contributed by atoms with E-state index in [1.54, 1.807) is 17.4 Å². The number of nitrogens with zero attached hydrogens (tertiary/aromatic N) is 1. The van der Waals surface area contributed by atoms with Gasteiger partial charge in [0.2, 0.25) is 5.91 Å². The van der Waals surface area contributed by atoms with Crippen LogP contribution in [0.25, 0.3) is 6.08 Å². The molecule has 21 heavy (non-hydrogen) atoms. The molecule has 1 amide bonds. The zero-order valence-corrected chi connectivity index (χ0v) is 13.4. The molecule has 0 saturated heterocycles. The largest absolute Gasteiger partial charge is 0.478 e. The van der Waals surface area contributed by atoms with Crippen LogP contribution in [0.15, 0.2) is 17.5 Å². The van der Waals surface area contributed by atoms with Gasteiger partial charge < -0.3 is 10.4 Å². The van der Waals surface area contributed by atoms with E-state index in [9.17, 15) is 9.59 Å². The summed E-state index contributed by atoms with van der Waals surface area (Å²) in [6, 6.07) is 1.88. The first kappa shape index (κ1) is 17.4. The van der Waals surface area contributed by atoms with Crippen LogP contribution < -0.4 is 5.32 Å². The summed E-state index contributed by atoms with van der Waals surface area (Å²) >= 11 is 1.56. The van der Waals surface area contributed by atoms with Crippen molar-refractivity contribution in [3.8, 4) is 0 Å². The number of hydrogen-bond acceptors (Lipinski definition) is 4. The first-order valence-electron chi connectivity index (χ1n) is 6.81. The summed E-state index contributed by atoms with van der Waals surface area (Å²) in [7, 11) is 1.87. The molecule has 0 aromatic carbocycles. The van der Waals surface area contributed by atoms with E-state index in [0.29, 0.717) is 25.6 Å². The molecule has 2 N–H and O–H groups in total. The summed E-state index contributed by atoms with van der Waals surface area (Å²) in [5.74, 6) is -0.525. The fourth-order valence-corrected chi connectivity index (χ4v) is 2.65. The van der Waals surface area contributed by atoms with E-state index in [0.717, 1.165) is 16.5 Å². The average Bonchev–Trinajstić information content (AvgIpc) is 2.81. The standard InChI is InChI=1S/C15H22N2O3S/c1-11(2)8-16-14(18)10-17(3)9-13-12(6-7-21-13)4-5-15(19)20/h4-7,11H,8-10H2,1-3H3,(H,16,18)(H,19,20)/b5-4+. The van der Waals surface area contributed by atoms with Crippen molar-refractivity contribution in [2.75, 3.05) is 20.1 Å².